The normalized spacial score (nSPS) is 24.5. The third-order valence-corrected chi connectivity index (χ3v) is 2.73. The Morgan fingerprint density at radius 3 is 2.75 bits per heavy atom. The quantitative estimate of drug-likeness (QED) is 0.604. The van der Waals surface area contributed by atoms with Crippen LogP contribution in [0, 0.1) is 0 Å². The summed E-state index contributed by atoms with van der Waals surface area (Å²) in [6.07, 6.45) is 12.1. The van der Waals surface area contributed by atoms with Crippen LogP contribution in [-0.4, -0.2) is 24.5 Å². The Kier molecular flexibility index (Phi) is 2.62. The molecule has 0 N–H and O–H groups in total. The fourth-order valence-corrected chi connectivity index (χ4v) is 2.01. The van der Waals surface area contributed by atoms with Gasteiger partial charge >= 0.3 is 0 Å². The number of allylic oxidation sites excluding steroid dienone is 3. The minimum absolute atomic E-state index is 1.23. The maximum atomic E-state index is 2.57. The van der Waals surface area contributed by atoms with E-state index in [-0.39, 0.29) is 0 Å². The lowest BCUT2D eigenvalue weighted by Crippen LogP contribution is -2.22. The Balaban J connectivity index is 1.84. The largest absolute Gasteiger partial charge is 0.299 e. The van der Waals surface area contributed by atoms with Gasteiger partial charge < -0.3 is 0 Å². The van der Waals surface area contributed by atoms with E-state index in [9.17, 15) is 0 Å². The summed E-state index contributed by atoms with van der Waals surface area (Å²) in [5.41, 5.74) is 1.62. The molecular formula is C11H17N. The zero-order valence-electron chi connectivity index (χ0n) is 7.63. The minimum atomic E-state index is 1.23. The molecule has 1 aliphatic carbocycles. The average molecular weight is 163 g/mol. The third kappa shape index (κ3) is 1.98. The first-order valence-electron chi connectivity index (χ1n) is 5.02. The lowest BCUT2D eigenvalue weighted by atomic mass is 10.1. The first-order valence-corrected chi connectivity index (χ1v) is 5.02. The van der Waals surface area contributed by atoms with E-state index in [1.165, 1.54) is 45.3 Å². The third-order valence-electron chi connectivity index (χ3n) is 2.73. The molecule has 1 fully saturated rings. The summed E-state index contributed by atoms with van der Waals surface area (Å²) >= 11 is 0. The van der Waals surface area contributed by atoms with E-state index < -0.39 is 0 Å². The fraction of sp³-hybridized carbons (Fsp3) is 0.636. The summed E-state index contributed by atoms with van der Waals surface area (Å²) in [5.74, 6) is 0. The molecule has 0 atom stereocenters. The SMILES string of the molecule is C1=CCCC(CN2CCCC2)=C1. The van der Waals surface area contributed by atoms with Gasteiger partial charge in [0, 0.05) is 6.54 Å². The predicted molar refractivity (Wildman–Crippen MR) is 52.1 cm³/mol. The molecule has 0 spiro atoms. The lowest BCUT2D eigenvalue weighted by molar-refractivity contribution is 0.364. The van der Waals surface area contributed by atoms with Gasteiger partial charge in [-0.15, -0.1) is 0 Å². The van der Waals surface area contributed by atoms with Gasteiger partial charge in [0.15, 0.2) is 0 Å². The van der Waals surface area contributed by atoms with Gasteiger partial charge in [0.2, 0.25) is 0 Å². The lowest BCUT2D eigenvalue weighted by Gasteiger charge is -2.17. The number of hydrogen-bond acceptors (Lipinski definition) is 1. The van der Waals surface area contributed by atoms with Crippen LogP contribution in [0.2, 0.25) is 0 Å². The zero-order chi connectivity index (χ0) is 8.23. The molecule has 2 aliphatic rings. The van der Waals surface area contributed by atoms with Crippen molar-refractivity contribution in [2.24, 2.45) is 0 Å². The van der Waals surface area contributed by atoms with Crippen molar-refractivity contribution < 1.29 is 0 Å². The van der Waals surface area contributed by atoms with Gasteiger partial charge in [0.25, 0.3) is 0 Å². The second-order valence-electron chi connectivity index (χ2n) is 3.77. The monoisotopic (exact) mass is 163 g/mol. The Morgan fingerprint density at radius 2 is 2.08 bits per heavy atom. The highest BCUT2D eigenvalue weighted by Gasteiger charge is 2.12. The van der Waals surface area contributed by atoms with E-state index in [1.807, 2.05) is 0 Å². The summed E-state index contributed by atoms with van der Waals surface area (Å²) in [5, 5.41) is 0. The zero-order valence-corrected chi connectivity index (χ0v) is 7.63. The van der Waals surface area contributed by atoms with Gasteiger partial charge in [-0.2, -0.15) is 0 Å². The predicted octanol–water partition coefficient (Wildman–Crippen LogP) is 2.36. The molecule has 0 radical (unpaired) electrons. The molecular weight excluding hydrogens is 146 g/mol. The molecule has 2 rings (SSSR count). The van der Waals surface area contributed by atoms with E-state index in [2.05, 4.69) is 23.1 Å². The van der Waals surface area contributed by atoms with Crippen molar-refractivity contribution in [3.8, 4) is 0 Å². The molecule has 1 aliphatic heterocycles. The smallest absolute Gasteiger partial charge is 0.0196 e. The van der Waals surface area contributed by atoms with Crippen LogP contribution < -0.4 is 0 Å². The molecule has 1 nitrogen and oxygen atoms in total. The molecule has 1 heteroatoms. The van der Waals surface area contributed by atoms with Crippen LogP contribution in [0.15, 0.2) is 23.8 Å². The topological polar surface area (TPSA) is 3.24 Å². The summed E-state index contributed by atoms with van der Waals surface area (Å²) in [6.45, 7) is 3.87. The Hall–Kier alpha value is -0.560. The summed E-state index contributed by atoms with van der Waals surface area (Å²) in [6, 6.07) is 0. The maximum Gasteiger partial charge on any atom is 0.0196 e. The van der Waals surface area contributed by atoms with E-state index in [1.54, 1.807) is 5.57 Å². The molecule has 1 saturated heterocycles. The van der Waals surface area contributed by atoms with Crippen LogP contribution in [0.5, 0.6) is 0 Å². The Bertz CT molecular complexity index is 197. The van der Waals surface area contributed by atoms with Crippen LogP contribution >= 0.6 is 0 Å². The summed E-state index contributed by atoms with van der Waals surface area (Å²) in [7, 11) is 0. The van der Waals surface area contributed by atoms with Gasteiger partial charge in [0.1, 0.15) is 0 Å². The number of hydrogen-bond donors (Lipinski definition) is 0. The molecule has 0 saturated carbocycles. The van der Waals surface area contributed by atoms with Gasteiger partial charge in [-0.3, -0.25) is 4.90 Å². The first kappa shape index (κ1) is 8.06. The number of likely N-dealkylation sites (tertiary alicyclic amines) is 1. The molecule has 0 unspecified atom stereocenters. The minimum Gasteiger partial charge on any atom is -0.299 e. The van der Waals surface area contributed by atoms with Crippen molar-refractivity contribution in [3.05, 3.63) is 23.8 Å². The second-order valence-corrected chi connectivity index (χ2v) is 3.77. The maximum absolute atomic E-state index is 2.57. The molecule has 0 bridgehead atoms. The van der Waals surface area contributed by atoms with Crippen molar-refractivity contribution in [2.45, 2.75) is 25.7 Å². The summed E-state index contributed by atoms with van der Waals surface area (Å²) in [4.78, 5) is 2.57. The summed E-state index contributed by atoms with van der Waals surface area (Å²) < 4.78 is 0. The average Bonchev–Trinajstić information content (AvgIpc) is 2.59. The van der Waals surface area contributed by atoms with Crippen molar-refractivity contribution >= 4 is 0 Å². The second kappa shape index (κ2) is 3.90. The van der Waals surface area contributed by atoms with E-state index in [4.69, 9.17) is 0 Å². The Labute approximate surface area is 74.8 Å². The highest BCUT2D eigenvalue weighted by molar-refractivity contribution is 5.18. The molecule has 12 heavy (non-hydrogen) atoms. The van der Waals surface area contributed by atoms with E-state index in [0.29, 0.717) is 0 Å². The van der Waals surface area contributed by atoms with Crippen molar-refractivity contribution in [1.29, 1.82) is 0 Å². The van der Waals surface area contributed by atoms with Crippen LogP contribution in [0.1, 0.15) is 25.7 Å². The molecule has 0 amide bonds. The van der Waals surface area contributed by atoms with Crippen LogP contribution in [-0.2, 0) is 0 Å². The van der Waals surface area contributed by atoms with Crippen LogP contribution in [0.3, 0.4) is 0 Å². The molecule has 66 valence electrons. The van der Waals surface area contributed by atoms with Gasteiger partial charge in [-0.05, 0) is 38.8 Å². The van der Waals surface area contributed by atoms with Crippen LogP contribution in [0.25, 0.3) is 0 Å². The molecule has 0 aromatic carbocycles. The molecule has 1 heterocycles. The van der Waals surface area contributed by atoms with E-state index >= 15 is 0 Å². The Morgan fingerprint density at radius 1 is 1.25 bits per heavy atom. The van der Waals surface area contributed by atoms with Gasteiger partial charge in [-0.1, -0.05) is 23.8 Å². The standard InChI is InChI=1S/C11H17N/c1-2-6-11(7-3-1)10-12-8-4-5-9-12/h1-2,6H,3-5,7-10H2. The van der Waals surface area contributed by atoms with Crippen molar-refractivity contribution in [1.82, 2.24) is 4.90 Å². The fourth-order valence-electron chi connectivity index (χ4n) is 2.01. The number of nitrogens with zero attached hydrogens (tertiary/aromatic N) is 1. The first-order chi connectivity index (χ1) is 5.95. The molecule has 0 aromatic rings. The van der Waals surface area contributed by atoms with Crippen molar-refractivity contribution in [3.63, 3.8) is 0 Å². The van der Waals surface area contributed by atoms with Crippen molar-refractivity contribution in [2.75, 3.05) is 19.6 Å². The highest BCUT2D eigenvalue weighted by Crippen LogP contribution is 2.16. The van der Waals surface area contributed by atoms with Crippen LogP contribution in [0.4, 0.5) is 0 Å². The molecule has 0 aromatic heterocycles. The highest BCUT2D eigenvalue weighted by atomic mass is 15.1. The van der Waals surface area contributed by atoms with Gasteiger partial charge in [-0.25, -0.2) is 0 Å². The van der Waals surface area contributed by atoms with E-state index in [0.717, 1.165) is 0 Å². The van der Waals surface area contributed by atoms with Gasteiger partial charge in [0.05, 0.1) is 0 Å². The number of rotatable bonds is 2.